The fourth-order valence-electron chi connectivity index (χ4n) is 2.36. The molecule has 2 heterocycles. The summed E-state index contributed by atoms with van der Waals surface area (Å²) in [5, 5.41) is 10.6. The number of phenols is 1. The van der Waals surface area contributed by atoms with Crippen molar-refractivity contribution in [3.05, 3.63) is 36.0 Å². The van der Waals surface area contributed by atoms with Crippen molar-refractivity contribution in [1.82, 2.24) is 4.98 Å². The smallest absolute Gasteiger partial charge is 0.158 e. The number of ether oxygens (including phenoxy) is 2. The van der Waals surface area contributed by atoms with Gasteiger partial charge in [-0.15, -0.1) is 0 Å². The van der Waals surface area contributed by atoms with Crippen molar-refractivity contribution in [3.8, 4) is 5.75 Å². The molecule has 19 heavy (non-hydrogen) atoms. The van der Waals surface area contributed by atoms with E-state index in [1.807, 2.05) is 18.2 Å². The molecule has 0 radical (unpaired) electrons. The van der Waals surface area contributed by atoms with Crippen molar-refractivity contribution in [1.29, 1.82) is 0 Å². The molecule has 4 nitrogen and oxygen atoms in total. The lowest BCUT2D eigenvalue weighted by Crippen LogP contribution is -2.22. The summed E-state index contributed by atoms with van der Waals surface area (Å²) in [5.41, 5.74) is 1.76. The number of aromatic hydroxyl groups is 1. The molecule has 1 aromatic carbocycles. The van der Waals surface area contributed by atoms with Crippen LogP contribution >= 0.6 is 0 Å². The van der Waals surface area contributed by atoms with Gasteiger partial charge in [-0.3, -0.25) is 4.98 Å². The fourth-order valence-corrected chi connectivity index (χ4v) is 2.36. The molecule has 0 bridgehead atoms. The second kappa shape index (κ2) is 5.55. The van der Waals surface area contributed by atoms with E-state index in [0.29, 0.717) is 6.61 Å². The topological polar surface area (TPSA) is 51.6 Å². The van der Waals surface area contributed by atoms with Crippen LogP contribution in [-0.2, 0) is 16.1 Å². The third-order valence-electron chi connectivity index (χ3n) is 3.39. The van der Waals surface area contributed by atoms with Crippen molar-refractivity contribution in [3.63, 3.8) is 0 Å². The molecule has 100 valence electrons. The zero-order valence-electron chi connectivity index (χ0n) is 10.7. The molecule has 0 amide bonds. The molecule has 1 saturated heterocycles. The van der Waals surface area contributed by atoms with Gasteiger partial charge in [-0.1, -0.05) is 6.07 Å². The van der Waals surface area contributed by atoms with Crippen molar-refractivity contribution in [2.75, 3.05) is 6.61 Å². The van der Waals surface area contributed by atoms with Crippen LogP contribution in [0.15, 0.2) is 30.5 Å². The zero-order chi connectivity index (χ0) is 13.1. The molecule has 1 aromatic heterocycles. The van der Waals surface area contributed by atoms with E-state index < -0.39 is 0 Å². The Kier molecular flexibility index (Phi) is 3.62. The van der Waals surface area contributed by atoms with Gasteiger partial charge >= 0.3 is 0 Å². The molecule has 1 fully saturated rings. The van der Waals surface area contributed by atoms with Crippen LogP contribution in [0.2, 0.25) is 0 Å². The first-order chi connectivity index (χ1) is 9.34. The molecule has 0 aliphatic carbocycles. The van der Waals surface area contributed by atoms with E-state index >= 15 is 0 Å². The molecule has 0 saturated carbocycles. The predicted octanol–water partition coefficient (Wildman–Crippen LogP) is 2.98. The third kappa shape index (κ3) is 2.69. The second-order valence-electron chi connectivity index (χ2n) is 4.75. The Bertz CT molecular complexity index is 564. The summed E-state index contributed by atoms with van der Waals surface area (Å²) in [5.74, 6) is 0.251. The summed E-state index contributed by atoms with van der Waals surface area (Å²) >= 11 is 0. The molecule has 2 aromatic rings. The maximum atomic E-state index is 9.81. The van der Waals surface area contributed by atoms with E-state index in [1.165, 1.54) is 0 Å². The Labute approximate surface area is 112 Å². The van der Waals surface area contributed by atoms with Crippen LogP contribution in [0.25, 0.3) is 10.9 Å². The highest BCUT2D eigenvalue weighted by atomic mass is 16.7. The van der Waals surface area contributed by atoms with Crippen LogP contribution in [0, 0.1) is 0 Å². The number of hydrogen-bond donors (Lipinski definition) is 1. The summed E-state index contributed by atoms with van der Waals surface area (Å²) in [6.45, 7) is 1.23. The Balaban J connectivity index is 1.79. The predicted molar refractivity (Wildman–Crippen MR) is 71.8 cm³/mol. The maximum Gasteiger partial charge on any atom is 0.158 e. The van der Waals surface area contributed by atoms with E-state index in [1.54, 1.807) is 12.3 Å². The van der Waals surface area contributed by atoms with Crippen LogP contribution in [0.4, 0.5) is 0 Å². The monoisotopic (exact) mass is 259 g/mol. The number of pyridine rings is 1. The third-order valence-corrected chi connectivity index (χ3v) is 3.39. The van der Waals surface area contributed by atoms with Crippen LogP contribution in [0.5, 0.6) is 5.75 Å². The average Bonchev–Trinajstić information content (AvgIpc) is 2.48. The minimum atomic E-state index is -0.110. The van der Waals surface area contributed by atoms with Gasteiger partial charge in [0.05, 0.1) is 12.1 Å². The van der Waals surface area contributed by atoms with Crippen LogP contribution < -0.4 is 0 Å². The van der Waals surface area contributed by atoms with E-state index in [2.05, 4.69) is 4.98 Å². The normalized spacial score (nSPS) is 19.7. The molecular weight excluding hydrogens is 242 g/mol. The number of benzene rings is 1. The number of nitrogens with zero attached hydrogens (tertiary/aromatic N) is 1. The first-order valence-electron chi connectivity index (χ1n) is 6.63. The first kappa shape index (κ1) is 12.4. The van der Waals surface area contributed by atoms with Gasteiger partial charge in [0, 0.05) is 23.8 Å². The SMILES string of the molecule is Oc1ccc(CO[C@@H]2CCCCO2)c2ncccc12. The van der Waals surface area contributed by atoms with Gasteiger partial charge in [0.25, 0.3) is 0 Å². The highest BCUT2D eigenvalue weighted by molar-refractivity contribution is 5.87. The molecular formula is C15H17NO3. The lowest BCUT2D eigenvalue weighted by atomic mass is 10.1. The molecule has 1 aliphatic rings. The quantitative estimate of drug-likeness (QED) is 0.920. The Morgan fingerprint density at radius 3 is 3.11 bits per heavy atom. The summed E-state index contributed by atoms with van der Waals surface area (Å²) in [6, 6.07) is 7.22. The Hall–Kier alpha value is -1.65. The van der Waals surface area contributed by atoms with Gasteiger partial charge < -0.3 is 14.6 Å². The molecule has 1 N–H and O–H groups in total. The average molecular weight is 259 g/mol. The molecule has 3 rings (SSSR count). The summed E-state index contributed by atoms with van der Waals surface area (Å²) in [6.07, 6.45) is 4.83. The zero-order valence-corrected chi connectivity index (χ0v) is 10.7. The number of aromatic nitrogens is 1. The van der Waals surface area contributed by atoms with Gasteiger partial charge in [0.2, 0.25) is 0 Å². The van der Waals surface area contributed by atoms with Crippen LogP contribution in [0.1, 0.15) is 24.8 Å². The van der Waals surface area contributed by atoms with Crippen LogP contribution in [-0.4, -0.2) is 23.0 Å². The van der Waals surface area contributed by atoms with Crippen molar-refractivity contribution < 1.29 is 14.6 Å². The Morgan fingerprint density at radius 2 is 2.26 bits per heavy atom. The summed E-state index contributed by atoms with van der Waals surface area (Å²) in [4.78, 5) is 4.32. The molecule has 1 atom stereocenters. The lowest BCUT2D eigenvalue weighted by Gasteiger charge is -2.22. The van der Waals surface area contributed by atoms with E-state index in [4.69, 9.17) is 9.47 Å². The van der Waals surface area contributed by atoms with Crippen molar-refractivity contribution in [2.45, 2.75) is 32.2 Å². The second-order valence-corrected chi connectivity index (χ2v) is 4.75. The largest absolute Gasteiger partial charge is 0.507 e. The number of hydrogen-bond acceptors (Lipinski definition) is 4. The van der Waals surface area contributed by atoms with Gasteiger partial charge in [-0.25, -0.2) is 0 Å². The molecule has 4 heteroatoms. The number of phenolic OH excluding ortho intramolecular Hbond substituents is 1. The van der Waals surface area contributed by atoms with Crippen LogP contribution in [0.3, 0.4) is 0 Å². The first-order valence-corrected chi connectivity index (χ1v) is 6.63. The highest BCUT2D eigenvalue weighted by Gasteiger charge is 2.15. The van der Waals surface area contributed by atoms with Gasteiger partial charge in [-0.2, -0.15) is 0 Å². The summed E-state index contributed by atoms with van der Waals surface area (Å²) in [7, 11) is 0. The number of fused-ring (bicyclic) bond motifs is 1. The minimum absolute atomic E-state index is 0.110. The minimum Gasteiger partial charge on any atom is -0.507 e. The number of rotatable bonds is 3. The highest BCUT2D eigenvalue weighted by Crippen LogP contribution is 2.26. The van der Waals surface area contributed by atoms with Gasteiger partial charge in [-0.05, 0) is 37.5 Å². The molecule has 0 spiro atoms. The summed E-state index contributed by atoms with van der Waals surface area (Å²) < 4.78 is 11.3. The Morgan fingerprint density at radius 1 is 1.32 bits per heavy atom. The lowest BCUT2D eigenvalue weighted by molar-refractivity contribution is -0.168. The van der Waals surface area contributed by atoms with Gasteiger partial charge in [0.1, 0.15) is 5.75 Å². The molecule has 0 unspecified atom stereocenters. The standard InChI is InChI=1S/C15H17NO3/c17-13-7-6-11(15-12(13)4-3-8-16-15)10-19-14-5-1-2-9-18-14/h3-4,6-8,14,17H,1-2,5,9-10H2/t14-/m1/s1. The van der Waals surface area contributed by atoms with E-state index in [9.17, 15) is 5.11 Å². The van der Waals surface area contributed by atoms with Crippen molar-refractivity contribution in [2.24, 2.45) is 0 Å². The maximum absolute atomic E-state index is 9.81. The fraction of sp³-hybridized carbons (Fsp3) is 0.400. The van der Waals surface area contributed by atoms with E-state index in [0.717, 1.165) is 42.3 Å². The van der Waals surface area contributed by atoms with E-state index in [-0.39, 0.29) is 12.0 Å². The van der Waals surface area contributed by atoms with Crippen molar-refractivity contribution >= 4 is 10.9 Å². The molecule has 1 aliphatic heterocycles. The van der Waals surface area contributed by atoms with Gasteiger partial charge in [0.15, 0.2) is 6.29 Å².